The van der Waals surface area contributed by atoms with Gasteiger partial charge in [0.2, 0.25) is 5.91 Å². The van der Waals surface area contributed by atoms with Gasteiger partial charge in [-0.15, -0.1) is 0 Å². The number of carboxylic acid groups (broad SMARTS) is 1. The van der Waals surface area contributed by atoms with E-state index in [1.54, 1.807) is 0 Å². The fraction of sp³-hybridized carbons (Fsp3) is 0.200. The second-order valence-electron chi connectivity index (χ2n) is 3.76. The summed E-state index contributed by atoms with van der Waals surface area (Å²) < 4.78 is 0. The number of hydrogen-bond donors (Lipinski definition) is 2. The van der Waals surface area contributed by atoms with Crippen LogP contribution in [0.1, 0.15) is 12.8 Å². The third-order valence-electron chi connectivity index (χ3n) is 2.28. The van der Waals surface area contributed by atoms with Crippen LogP contribution < -0.4 is 16.0 Å². The Balaban J connectivity index is 2.79. The molecule has 0 radical (unpaired) electrons. The van der Waals surface area contributed by atoms with Crippen LogP contribution in [0.2, 0.25) is 0 Å². The molecule has 1 aromatic rings. The average molecular weight is 297 g/mol. The normalized spacial score (nSPS) is 9.71. The maximum atomic E-state index is 11.2. The van der Waals surface area contributed by atoms with E-state index in [1.807, 2.05) is 5.43 Å². The molecule has 11 nitrogen and oxygen atoms in total. The second-order valence-corrected chi connectivity index (χ2v) is 3.76. The third-order valence-corrected chi connectivity index (χ3v) is 2.28. The third kappa shape index (κ3) is 4.74. The number of hydrogen-bond acceptors (Lipinski definition) is 8. The molecule has 11 heteroatoms. The molecular formula is C10H9N4O7-. The van der Waals surface area contributed by atoms with Gasteiger partial charge in [0.05, 0.1) is 15.9 Å². The van der Waals surface area contributed by atoms with E-state index in [0.29, 0.717) is 0 Å². The average Bonchev–Trinajstić information content (AvgIpc) is 2.42. The number of hydrazine groups is 1. The maximum Gasteiger partial charge on any atom is 0.300 e. The Bertz CT molecular complexity index is 601. The van der Waals surface area contributed by atoms with Crippen LogP contribution in [0.15, 0.2) is 18.2 Å². The smallest absolute Gasteiger partial charge is 0.300 e. The van der Waals surface area contributed by atoms with Gasteiger partial charge in [0, 0.05) is 18.5 Å². The molecule has 0 unspecified atom stereocenters. The number of nitrogens with zero attached hydrogens (tertiary/aromatic N) is 2. The molecule has 0 saturated heterocycles. The van der Waals surface area contributed by atoms with E-state index in [4.69, 9.17) is 0 Å². The summed E-state index contributed by atoms with van der Waals surface area (Å²) in [7, 11) is 0. The number of benzene rings is 1. The van der Waals surface area contributed by atoms with E-state index in [2.05, 4.69) is 5.43 Å². The zero-order valence-electron chi connectivity index (χ0n) is 10.4. The summed E-state index contributed by atoms with van der Waals surface area (Å²) in [5.41, 5.74) is 2.99. The molecule has 1 rings (SSSR count). The molecule has 1 amide bonds. The van der Waals surface area contributed by atoms with Crippen LogP contribution in [0.5, 0.6) is 0 Å². The monoisotopic (exact) mass is 297 g/mol. The fourth-order valence-corrected chi connectivity index (χ4v) is 1.31. The highest BCUT2D eigenvalue weighted by molar-refractivity contribution is 5.81. The standard InChI is InChI=1S/C10H10N4O7/c15-9(3-4-10(16)17)12-11-7-2-1-6(13(18)19)5-8(7)14(20)21/h1-2,5,11H,3-4H2,(H,12,15)(H,16,17)/p-1. The lowest BCUT2D eigenvalue weighted by Crippen LogP contribution is -2.31. The SMILES string of the molecule is O=C([O-])CCC(=O)NNc1ccc([N+](=O)[O-])cc1[N+](=O)[O-]. The van der Waals surface area contributed by atoms with E-state index in [-0.39, 0.29) is 12.1 Å². The van der Waals surface area contributed by atoms with Crippen molar-refractivity contribution in [2.75, 3.05) is 5.43 Å². The first-order valence-corrected chi connectivity index (χ1v) is 5.49. The predicted molar refractivity (Wildman–Crippen MR) is 65.8 cm³/mol. The van der Waals surface area contributed by atoms with Gasteiger partial charge in [0.15, 0.2) is 0 Å². The highest BCUT2D eigenvalue weighted by Crippen LogP contribution is 2.28. The zero-order chi connectivity index (χ0) is 16.0. The lowest BCUT2D eigenvalue weighted by Gasteiger charge is -2.09. The number of carbonyl (C=O) groups excluding carboxylic acids is 2. The molecule has 112 valence electrons. The van der Waals surface area contributed by atoms with E-state index in [0.717, 1.165) is 18.2 Å². The molecule has 0 fully saturated rings. The van der Waals surface area contributed by atoms with E-state index < -0.39 is 39.5 Å². The molecule has 0 aliphatic carbocycles. The van der Waals surface area contributed by atoms with Gasteiger partial charge in [0.25, 0.3) is 5.69 Å². The Morgan fingerprint density at radius 3 is 2.29 bits per heavy atom. The number of nitrogens with one attached hydrogen (secondary N) is 2. The minimum Gasteiger partial charge on any atom is -0.550 e. The van der Waals surface area contributed by atoms with Crippen molar-refractivity contribution in [3.8, 4) is 0 Å². The van der Waals surface area contributed by atoms with Gasteiger partial charge < -0.3 is 9.90 Å². The number of carbonyl (C=O) groups is 2. The quantitative estimate of drug-likeness (QED) is 0.500. The molecule has 0 saturated carbocycles. The van der Waals surface area contributed by atoms with Crippen LogP contribution >= 0.6 is 0 Å². The van der Waals surface area contributed by atoms with Crippen molar-refractivity contribution in [2.45, 2.75) is 12.8 Å². The number of anilines is 1. The molecule has 0 aliphatic rings. The minimum atomic E-state index is -1.41. The highest BCUT2D eigenvalue weighted by Gasteiger charge is 2.19. The van der Waals surface area contributed by atoms with E-state index in [9.17, 15) is 34.9 Å². The summed E-state index contributed by atoms with van der Waals surface area (Å²) in [4.78, 5) is 41.1. The molecular weight excluding hydrogens is 288 g/mol. The number of amides is 1. The van der Waals surface area contributed by atoms with Crippen molar-refractivity contribution in [3.63, 3.8) is 0 Å². The Labute approximate surface area is 116 Å². The number of rotatable bonds is 7. The highest BCUT2D eigenvalue weighted by atomic mass is 16.6. The van der Waals surface area contributed by atoms with Crippen molar-refractivity contribution < 1.29 is 24.5 Å². The summed E-state index contributed by atoms with van der Waals surface area (Å²) in [5.74, 6) is -2.14. The molecule has 0 heterocycles. The van der Waals surface area contributed by atoms with Crippen LogP contribution in [-0.2, 0) is 9.59 Å². The molecule has 0 spiro atoms. The van der Waals surface area contributed by atoms with Crippen LogP contribution in [0.3, 0.4) is 0 Å². The lowest BCUT2D eigenvalue weighted by molar-refractivity contribution is -0.393. The largest absolute Gasteiger partial charge is 0.550 e. The predicted octanol–water partition coefficient (Wildman–Crippen LogP) is -0.524. The van der Waals surface area contributed by atoms with Crippen molar-refractivity contribution in [1.29, 1.82) is 0 Å². The van der Waals surface area contributed by atoms with Gasteiger partial charge in [-0.2, -0.15) is 0 Å². The van der Waals surface area contributed by atoms with Gasteiger partial charge >= 0.3 is 5.69 Å². The molecule has 2 N–H and O–H groups in total. The van der Waals surface area contributed by atoms with Crippen LogP contribution in [0, 0.1) is 20.2 Å². The Kier molecular flexibility index (Phi) is 5.11. The van der Waals surface area contributed by atoms with Crippen molar-refractivity contribution in [2.24, 2.45) is 0 Å². The van der Waals surface area contributed by atoms with E-state index >= 15 is 0 Å². The maximum absolute atomic E-state index is 11.2. The van der Waals surface area contributed by atoms with Gasteiger partial charge in [-0.05, 0) is 12.5 Å². The second kappa shape index (κ2) is 6.79. The first-order valence-electron chi connectivity index (χ1n) is 5.49. The molecule has 0 aliphatic heterocycles. The van der Waals surface area contributed by atoms with Gasteiger partial charge in [-0.3, -0.25) is 35.9 Å². The summed E-state index contributed by atoms with van der Waals surface area (Å²) in [5, 5.41) is 31.5. The number of nitro groups is 2. The summed E-state index contributed by atoms with van der Waals surface area (Å²) in [6, 6.07) is 2.80. The molecule has 21 heavy (non-hydrogen) atoms. The fourth-order valence-electron chi connectivity index (χ4n) is 1.31. The van der Waals surface area contributed by atoms with Crippen molar-refractivity contribution >= 4 is 28.9 Å². The van der Waals surface area contributed by atoms with Crippen LogP contribution in [0.4, 0.5) is 17.1 Å². The van der Waals surface area contributed by atoms with Crippen molar-refractivity contribution in [3.05, 3.63) is 38.4 Å². The first-order chi connectivity index (χ1) is 9.81. The zero-order valence-corrected chi connectivity index (χ0v) is 10.4. The lowest BCUT2D eigenvalue weighted by atomic mass is 10.2. The van der Waals surface area contributed by atoms with Gasteiger partial charge in [0.1, 0.15) is 5.69 Å². The molecule has 0 bridgehead atoms. The first kappa shape index (κ1) is 15.8. The Morgan fingerprint density at radius 1 is 1.10 bits per heavy atom. The summed E-state index contributed by atoms with van der Waals surface area (Å²) in [6.07, 6.45) is -0.883. The number of aliphatic carboxylic acids is 1. The molecule has 1 aromatic carbocycles. The Hall–Kier alpha value is -3.24. The van der Waals surface area contributed by atoms with Gasteiger partial charge in [-0.25, -0.2) is 0 Å². The molecule has 0 aromatic heterocycles. The van der Waals surface area contributed by atoms with Crippen LogP contribution in [-0.4, -0.2) is 21.7 Å². The van der Waals surface area contributed by atoms with E-state index in [1.165, 1.54) is 0 Å². The summed E-state index contributed by atoms with van der Waals surface area (Å²) >= 11 is 0. The summed E-state index contributed by atoms with van der Waals surface area (Å²) in [6.45, 7) is 0. The van der Waals surface area contributed by atoms with Crippen LogP contribution in [0.25, 0.3) is 0 Å². The topological polar surface area (TPSA) is 168 Å². The number of non-ortho nitro benzene ring substituents is 1. The Morgan fingerprint density at radius 2 is 1.76 bits per heavy atom. The number of nitro benzene ring substituents is 2. The van der Waals surface area contributed by atoms with Gasteiger partial charge in [-0.1, -0.05) is 0 Å². The minimum absolute atomic E-state index is 0.174. The molecule has 0 atom stereocenters. The van der Waals surface area contributed by atoms with Crippen molar-refractivity contribution in [1.82, 2.24) is 5.43 Å². The number of carboxylic acids is 1.